The van der Waals surface area contributed by atoms with Crippen molar-refractivity contribution in [2.75, 3.05) is 0 Å². The molecule has 1 N–H and O–H groups in total. The first-order chi connectivity index (χ1) is 6.20. The van der Waals surface area contributed by atoms with Crippen LogP contribution in [0.3, 0.4) is 0 Å². The van der Waals surface area contributed by atoms with E-state index in [9.17, 15) is 4.79 Å². The molecule has 0 spiro atoms. The van der Waals surface area contributed by atoms with Gasteiger partial charge in [0.25, 0.3) is 0 Å². The predicted octanol–water partition coefficient (Wildman–Crippen LogP) is 1.76. The van der Waals surface area contributed by atoms with Crippen LogP contribution in [0.5, 0.6) is 0 Å². The average Bonchev–Trinajstić information content (AvgIpc) is 2.39. The molecule has 14 heavy (non-hydrogen) atoms. The Morgan fingerprint density at radius 2 is 2.21 bits per heavy atom. The van der Waals surface area contributed by atoms with Gasteiger partial charge in [0.2, 0.25) is 0 Å². The third kappa shape index (κ3) is 1.44. The van der Waals surface area contributed by atoms with Crippen molar-refractivity contribution >= 4 is 24.0 Å². The van der Waals surface area contributed by atoms with Crippen molar-refractivity contribution in [1.82, 2.24) is 9.38 Å². The SMILES string of the molecule is Cc1nc2ccccn2c1C(=O)O.Cl. The molecule has 0 amide bonds. The Labute approximate surface area is 86.6 Å². The molecule has 0 aliphatic carbocycles. The minimum atomic E-state index is -0.948. The lowest BCUT2D eigenvalue weighted by molar-refractivity contribution is 0.0688. The van der Waals surface area contributed by atoms with E-state index in [0.717, 1.165) is 0 Å². The highest BCUT2D eigenvalue weighted by Gasteiger charge is 2.13. The number of aromatic carboxylic acids is 1. The Bertz CT molecular complexity index is 479. The lowest BCUT2D eigenvalue weighted by atomic mass is 10.3. The van der Waals surface area contributed by atoms with Gasteiger partial charge in [-0.05, 0) is 19.1 Å². The number of carboxylic acid groups (broad SMARTS) is 1. The van der Waals surface area contributed by atoms with Crippen LogP contribution in [-0.4, -0.2) is 20.5 Å². The summed E-state index contributed by atoms with van der Waals surface area (Å²) in [6, 6.07) is 5.38. The Morgan fingerprint density at radius 3 is 2.86 bits per heavy atom. The maximum absolute atomic E-state index is 10.8. The molecule has 0 unspecified atom stereocenters. The molecule has 2 rings (SSSR count). The molecule has 0 aromatic carbocycles. The first-order valence-corrected chi connectivity index (χ1v) is 3.87. The molecule has 2 aromatic heterocycles. The van der Waals surface area contributed by atoms with Gasteiger partial charge in [0.05, 0.1) is 5.69 Å². The summed E-state index contributed by atoms with van der Waals surface area (Å²) in [6.45, 7) is 1.69. The molecular weight excluding hydrogens is 204 g/mol. The van der Waals surface area contributed by atoms with Crippen LogP contribution in [0.2, 0.25) is 0 Å². The van der Waals surface area contributed by atoms with Gasteiger partial charge < -0.3 is 5.11 Å². The van der Waals surface area contributed by atoms with Crippen molar-refractivity contribution in [3.63, 3.8) is 0 Å². The van der Waals surface area contributed by atoms with E-state index < -0.39 is 5.97 Å². The number of aryl methyl sites for hydroxylation is 1. The van der Waals surface area contributed by atoms with E-state index in [0.29, 0.717) is 11.3 Å². The molecule has 5 heteroatoms. The quantitative estimate of drug-likeness (QED) is 0.784. The molecule has 0 radical (unpaired) electrons. The van der Waals surface area contributed by atoms with Crippen molar-refractivity contribution in [1.29, 1.82) is 0 Å². The zero-order valence-electron chi connectivity index (χ0n) is 7.47. The molecule has 0 saturated carbocycles. The molecule has 4 nitrogen and oxygen atoms in total. The van der Waals surface area contributed by atoms with Crippen LogP contribution in [0, 0.1) is 6.92 Å². The van der Waals surface area contributed by atoms with E-state index in [1.807, 2.05) is 6.07 Å². The normalized spacial score (nSPS) is 9.79. The number of hydrogen-bond donors (Lipinski definition) is 1. The number of carboxylic acids is 1. The number of carbonyl (C=O) groups is 1. The molecule has 0 saturated heterocycles. The summed E-state index contributed by atoms with van der Waals surface area (Å²) in [4.78, 5) is 15.0. The third-order valence-corrected chi connectivity index (χ3v) is 1.91. The molecule has 0 aliphatic rings. The van der Waals surface area contributed by atoms with Crippen LogP contribution >= 0.6 is 12.4 Å². The maximum Gasteiger partial charge on any atom is 0.354 e. The van der Waals surface area contributed by atoms with Gasteiger partial charge in [0.15, 0.2) is 5.69 Å². The summed E-state index contributed by atoms with van der Waals surface area (Å²) in [5.74, 6) is -0.948. The fraction of sp³-hybridized carbons (Fsp3) is 0.111. The highest BCUT2D eigenvalue weighted by atomic mass is 35.5. The van der Waals surface area contributed by atoms with Gasteiger partial charge in [-0.15, -0.1) is 12.4 Å². The van der Waals surface area contributed by atoms with Gasteiger partial charge >= 0.3 is 5.97 Å². The number of fused-ring (bicyclic) bond motifs is 1. The number of aromatic nitrogens is 2. The van der Waals surface area contributed by atoms with E-state index in [2.05, 4.69) is 4.98 Å². The van der Waals surface area contributed by atoms with Crippen LogP contribution < -0.4 is 0 Å². The molecule has 0 atom stereocenters. The smallest absolute Gasteiger partial charge is 0.354 e. The predicted molar refractivity (Wildman–Crippen MR) is 54.1 cm³/mol. The van der Waals surface area contributed by atoms with Crippen molar-refractivity contribution in [2.24, 2.45) is 0 Å². The van der Waals surface area contributed by atoms with Gasteiger partial charge in [0.1, 0.15) is 5.65 Å². The molecule has 74 valence electrons. The van der Waals surface area contributed by atoms with E-state index in [1.165, 1.54) is 0 Å². The first-order valence-electron chi connectivity index (χ1n) is 3.87. The monoisotopic (exact) mass is 212 g/mol. The summed E-state index contributed by atoms with van der Waals surface area (Å²) >= 11 is 0. The Morgan fingerprint density at radius 1 is 1.50 bits per heavy atom. The average molecular weight is 213 g/mol. The van der Waals surface area contributed by atoms with Gasteiger partial charge in [-0.25, -0.2) is 9.78 Å². The molecule has 0 bridgehead atoms. The fourth-order valence-electron chi connectivity index (χ4n) is 1.37. The van der Waals surface area contributed by atoms with Gasteiger partial charge in [-0.3, -0.25) is 4.40 Å². The van der Waals surface area contributed by atoms with Crippen molar-refractivity contribution < 1.29 is 9.90 Å². The molecule has 0 aliphatic heterocycles. The third-order valence-electron chi connectivity index (χ3n) is 1.91. The van der Waals surface area contributed by atoms with Crippen LogP contribution in [0.4, 0.5) is 0 Å². The van der Waals surface area contributed by atoms with Gasteiger partial charge in [-0.1, -0.05) is 6.07 Å². The van der Waals surface area contributed by atoms with Crippen LogP contribution in [0.15, 0.2) is 24.4 Å². The van der Waals surface area contributed by atoms with Crippen molar-refractivity contribution in [2.45, 2.75) is 6.92 Å². The highest BCUT2D eigenvalue weighted by molar-refractivity contribution is 5.88. The maximum atomic E-state index is 10.8. The first kappa shape index (κ1) is 10.5. The summed E-state index contributed by atoms with van der Waals surface area (Å²) in [5, 5.41) is 8.89. The second-order valence-electron chi connectivity index (χ2n) is 2.78. The highest BCUT2D eigenvalue weighted by Crippen LogP contribution is 2.10. The summed E-state index contributed by atoms with van der Waals surface area (Å²) in [6.07, 6.45) is 1.69. The number of rotatable bonds is 1. The molecule has 2 heterocycles. The number of nitrogens with zero attached hydrogens (tertiary/aromatic N) is 2. The van der Waals surface area contributed by atoms with Gasteiger partial charge in [0, 0.05) is 6.20 Å². The molecule has 0 fully saturated rings. The Balaban J connectivity index is 0.000000980. The second kappa shape index (κ2) is 3.67. The second-order valence-corrected chi connectivity index (χ2v) is 2.78. The van der Waals surface area contributed by atoms with E-state index in [1.54, 1.807) is 29.7 Å². The zero-order chi connectivity index (χ0) is 9.42. The summed E-state index contributed by atoms with van der Waals surface area (Å²) in [7, 11) is 0. The van der Waals surface area contributed by atoms with E-state index in [4.69, 9.17) is 5.11 Å². The number of halogens is 1. The van der Waals surface area contributed by atoms with Crippen molar-refractivity contribution in [3.8, 4) is 0 Å². The minimum Gasteiger partial charge on any atom is -0.477 e. The lowest BCUT2D eigenvalue weighted by Gasteiger charge is -1.94. The summed E-state index contributed by atoms with van der Waals surface area (Å²) in [5.41, 5.74) is 1.44. The van der Waals surface area contributed by atoms with Crippen molar-refractivity contribution in [3.05, 3.63) is 35.8 Å². The van der Waals surface area contributed by atoms with Gasteiger partial charge in [-0.2, -0.15) is 0 Å². The minimum absolute atomic E-state index is 0. The van der Waals surface area contributed by atoms with E-state index >= 15 is 0 Å². The Hall–Kier alpha value is -1.55. The van der Waals surface area contributed by atoms with Crippen LogP contribution in [0.1, 0.15) is 16.2 Å². The number of imidazole rings is 1. The van der Waals surface area contributed by atoms with Crippen LogP contribution in [-0.2, 0) is 0 Å². The number of hydrogen-bond acceptors (Lipinski definition) is 2. The molecule has 2 aromatic rings. The van der Waals surface area contributed by atoms with Crippen LogP contribution in [0.25, 0.3) is 5.65 Å². The zero-order valence-corrected chi connectivity index (χ0v) is 8.28. The fourth-order valence-corrected chi connectivity index (χ4v) is 1.37. The largest absolute Gasteiger partial charge is 0.477 e. The summed E-state index contributed by atoms with van der Waals surface area (Å²) < 4.78 is 1.57. The lowest BCUT2D eigenvalue weighted by Crippen LogP contribution is -2.02. The topological polar surface area (TPSA) is 54.6 Å². The number of pyridine rings is 1. The Kier molecular flexibility index (Phi) is 2.76. The molecular formula is C9H9ClN2O2. The van der Waals surface area contributed by atoms with E-state index in [-0.39, 0.29) is 18.1 Å². The standard InChI is InChI=1S/C9H8N2O2.ClH/c1-6-8(9(12)13)11-5-3-2-4-7(11)10-6;/h2-5H,1H3,(H,12,13);1H.